The van der Waals surface area contributed by atoms with Crippen LogP contribution in [-0.2, 0) is 10.0 Å². The monoisotopic (exact) mass is 301 g/mol. The molecule has 0 radical (unpaired) electrons. The summed E-state index contributed by atoms with van der Waals surface area (Å²) in [4.78, 5) is 0.278. The highest BCUT2D eigenvalue weighted by atomic mass is 79.9. The summed E-state index contributed by atoms with van der Waals surface area (Å²) in [6, 6.07) is 5.14. The topological polar surface area (TPSA) is 46.2 Å². The first-order valence-corrected chi connectivity index (χ1v) is 6.90. The van der Waals surface area contributed by atoms with Crippen molar-refractivity contribution in [2.24, 2.45) is 0 Å². The number of sulfonamides is 1. The van der Waals surface area contributed by atoms with Gasteiger partial charge in [-0.3, -0.25) is 0 Å². The Morgan fingerprint density at radius 1 is 1.44 bits per heavy atom. The van der Waals surface area contributed by atoms with Gasteiger partial charge in [-0.15, -0.1) is 5.92 Å². The lowest BCUT2D eigenvalue weighted by molar-refractivity contribution is 0.585. The van der Waals surface area contributed by atoms with E-state index in [1.165, 1.54) is 0 Å². The van der Waals surface area contributed by atoms with Crippen molar-refractivity contribution in [2.45, 2.75) is 18.7 Å². The van der Waals surface area contributed by atoms with Crippen molar-refractivity contribution in [3.8, 4) is 11.8 Å². The van der Waals surface area contributed by atoms with Crippen LogP contribution in [0.3, 0.4) is 0 Å². The molecule has 0 spiro atoms. The number of hydrogen-bond acceptors (Lipinski definition) is 2. The highest BCUT2D eigenvalue weighted by Crippen LogP contribution is 2.20. The standard InChI is InChI=1S/C11H12BrNO2S/c1-3-4-7-13-16(14,15)11-8-10(12)6-5-9(11)2/h5-6,8,13H,7H2,1-2H3. The van der Waals surface area contributed by atoms with Crippen LogP contribution in [0, 0.1) is 18.8 Å². The predicted octanol–water partition coefficient (Wildman–Crippen LogP) is 2.06. The van der Waals surface area contributed by atoms with E-state index in [4.69, 9.17) is 0 Å². The van der Waals surface area contributed by atoms with E-state index in [9.17, 15) is 8.42 Å². The molecule has 1 rings (SSSR count). The molecule has 0 aliphatic heterocycles. The van der Waals surface area contributed by atoms with Gasteiger partial charge in [-0.1, -0.05) is 27.9 Å². The fraction of sp³-hybridized carbons (Fsp3) is 0.273. The minimum absolute atomic E-state index is 0.130. The van der Waals surface area contributed by atoms with Gasteiger partial charge in [-0.25, -0.2) is 8.42 Å². The normalized spacial score (nSPS) is 10.7. The lowest BCUT2D eigenvalue weighted by Gasteiger charge is -2.07. The molecule has 0 aromatic heterocycles. The van der Waals surface area contributed by atoms with Crippen LogP contribution in [0.15, 0.2) is 27.6 Å². The van der Waals surface area contributed by atoms with Gasteiger partial charge in [-0.05, 0) is 31.5 Å². The molecule has 0 saturated carbocycles. The maximum Gasteiger partial charge on any atom is 0.241 e. The SMILES string of the molecule is CC#CCNS(=O)(=O)c1cc(Br)ccc1C. The molecule has 0 fully saturated rings. The van der Waals surface area contributed by atoms with E-state index in [-0.39, 0.29) is 11.4 Å². The van der Waals surface area contributed by atoms with E-state index in [0.29, 0.717) is 5.56 Å². The molecule has 0 bridgehead atoms. The Bertz CT molecular complexity index is 541. The highest BCUT2D eigenvalue weighted by molar-refractivity contribution is 9.10. The first-order valence-electron chi connectivity index (χ1n) is 4.63. The summed E-state index contributed by atoms with van der Waals surface area (Å²) < 4.78 is 26.9. The third kappa shape index (κ3) is 3.34. The highest BCUT2D eigenvalue weighted by Gasteiger charge is 2.15. The number of nitrogens with one attached hydrogen (secondary N) is 1. The fourth-order valence-corrected chi connectivity index (χ4v) is 2.87. The molecule has 1 aromatic rings. The molecule has 0 unspecified atom stereocenters. The second-order valence-corrected chi connectivity index (χ2v) is 5.81. The number of halogens is 1. The smallest absolute Gasteiger partial charge is 0.207 e. The first kappa shape index (κ1) is 13.2. The third-order valence-electron chi connectivity index (χ3n) is 1.97. The van der Waals surface area contributed by atoms with Crippen molar-refractivity contribution < 1.29 is 8.42 Å². The molecule has 0 amide bonds. The van der Waals surface area contributed by atoms with Crippen LogP contribution in [0.1, 0.15) is 12.5 Å². The van der Waals surface area contributed by atoms with Crippen molar-refractivity contribution >= 4 is 26.0 Å². The Balaban J connectivity index is 3.05. The van der Waals surface area contributed by atoms with Crippen LogP contribution < -0.4 is 4.72 Å². The van der Waals surface area contributed by atoms with Crippen molar-refractivity contribution in [1.29, 1.82) is 0 Å². The maximum absolute atomic E-state index is 11.9. The Hall–Kier alpha value is -0.830. The lowest BCUT2D eigenvalue weighted by atomic mass is 10.2. The maximum atomic E-state index is 11.9. The quantitative estimate of drug-likeness (QED) is 0.869. The van der Waals surface area contributed by atoms with E-state index >= 15 is 0 Å². The Kier molecular flexibility index (Phi) is 4.54. The number of benzene rings is 1. The minimum atomic E-state index is -3.47. The van der Waals surface area contributed by atoms with Crippen LogP contribution in [0.25, 0.3) is 0 Å². The van der Waals surface area contributed by atoms with E-state index in [2.05, 4.69) is 32.5 Å². The molecule has 0 heterocycles. The van der Waals surface area contributed by atoms with Crippen LogP contribution in [0.4, 0.5) is 0 Å². The van der Waals surface area contributed by atoms with Crippen LogP contribution in [0.2, 0.25) is 0 Å². The lowest BCUT2D eigenvalue weighted by Crippen LogP contribution is -2.24. The second kappa shape index (κ2) is 5.48. The molecular formula is C11H12BrNO2S. The van der Waals surface area contributed by atoms with Gasteiger partial charge in [0.05, 0.1) is 11.4 Å². The van der Waals surface area contributed by atoms with Gasteiger partial charge in [0.2, 0.25) is 10.0 Å². The summed E-state index contributed by atoms with van der Waals surface area (Å²) in [7, 11) is -3.47. The van der Waals surface area contributed by atoms with E-state index in [1.807, 2.05) is 0 Å². The number of aryl methyl sites for hydroxylation is 1. The largest absolute Gasteiger partial charge is 0.241 e. The zero-order valence-electron chi connectivity index (χ0n) is 9.04. The van der Waals surface area contributed by atoms with Crippen molar-refractivity contribution in [1.82, 2.24) is 4.72 Å². The van der Waals surface area contributed by atoms with Crippen LogP contribution >= 0.6 is 15.9 Å². The number of hydrogen-bond donors (Lipinski definition) is 1. The van der Waals surface area contributed by atoms with Crippen LogP contribution in [0.5, 0.6) is 0 Å². The summed E-state index contributed by atoms with van der Waals surface area (Å²) >= 11 is 3.25. The average molecular weight is 302 g/mol. The fourth-order valence-electron chi connectivity index (χ4n) is 1.16. The first-order chi connectivity index (χ1) is 7.47. The minimum Gasteiger partial charge on any atom is -0.207 e. The molecule has 3 nitrogen and oxygen atoms in total. The van der Waals surface area contributed by atoms with Crippen molar-refractivity contribution in [3.63, 3.8) is 0 Å². The zero-order chi connectivity index (χ0) is 12.2. The van der Waals surface area contributed by atoms with Crippen molar-refractivity contribution in [3.05, 3.63) is 28.2 Å². The Morgan fingerprint density at radius 2 is 2.12 bits per heavy atom. The zero-order valence-corrected chi connectivity index (χ0v) is 11.4. The summed E-state index contributed by atoms with van der Waals surface area (Å²) in [5, 5.41) is 0. The Labute approximate surface area is 104 Å². The molecule has 16 heavy (non-hydrogen) atoms. The van der Waals surface area contributed by atoms with Crippen LogP contribution in [-0.4, -0.2) is 15.0 Å². The molecule has 1 N–H and O–H groups in total. The summed E-state index contributed by atoms with van der Waals surface area (Å²) in [5.74, 6) is 5.29. The molecule has 86 valence electrons. The van der Waals surface area contributed by atoms with Gasteiger partial charge < -0.3 is 0 Å². The molecule has 0 atom stereocenters. The van der Waals surface area contributed by atoms with Gasteiger partial charge in [0.1, 0.15) is 0 Å². The summed E-state index contributed by atoms with van der Waals surface area (Å²) in [6.45, 7) is 3.55. The number of rotatable bonds is 3. The van der Waals surface area contributed by atoms with E-state index in [1.54, 1.807) is 32.0 Å². The average Bonchev–Trinajstić information content (AvgIpc) is 2.22. The van der Waals surface area contributed by atoms with E-state index in [0.717, 1.165) is 4.47 Å². The van der Waals surface area contributed by atoms with Gasteiger partial charge in [0, 0.05) is 4.47 Å². The van der Waals surface area contributed by atoms with Gasteiger partial charge in [0.25, 0.3) is 0 Å². The third-order valence-corrected chi connectivity index (χ3v) is 4.00. The molecule has 0 saturated heterocycles. The Morgan fingerprint density at radius 3 is 2.75 bits per heavy atom. The summed E-state index contributed by atoms with van der Waals surface area (Å²) in [6.07, 6.45) is 0. The molecule has 0 aliphatic carbocycles. The van der Waals surface area contributed by atoms with E-state index < -0.39 is 10.0 Å². The molecule has 5 heteroatoms. The van der Waals surface area contributed by atoms with Crippen molar-refractivity contribution in [2.75, 3.05) is 6.54 Å². The molecular weight excluding hydrogens is 290 g/mol. The van der Waals surface area contributed by atoms with Gasteiger partial charge in [0.15, 0.2) is 0 Å². The van der Waals surface area contributed by atoms with Gasteiger partial charge in [-0.2, -0.15) is 4.72 Å². The van der Waals surface area contributed by atoms with Gasteiger partial charge >= 0.3 is 0 Å². The predicted molar refractivity (Wildman–Crippen MR) is 67.5 cm³/mol. The molecule has 1 aromatic carbocycles. The molecule has 0 aliphatic rings. The summed E-state index contributed by atoms with van der Waals surface area (Å²) in [5.41, 5.74) is 0.708. The second-order valence-electron chi connectivity index (χ2n) is 3.16.